The summed E-state index contributed by atoms with van der Waals surface area (Å²) >= 11 is 0. The number of benzene rings is 1. The van der Waals surface area contributed by atoms with Gasteiger partial charge in [-0.3, -0.25) is 4.79 Å². The molecule has 0 unspecified atom stereocenters. The van der Waals surface area contributed by atoms with Crippen molar-refractivity contribution >= 4 is 5.91 Å². The first-order valence-corrected chi connectivity index (χ1v) is 7.12. The van der Waals surface area contributed by atoms with Crippen molar-refractivity contribution in [3.05, 3.63) is 34.6 Å². The quantitative estimate of drug-likeness (QED) is 0.514. The van der Waals surface area contributed by atoms with Crippen LogP contribution in [0.1, 0.15) is 38.2 Å². The highest BCUT2D eigenvalue weighted by Gasteiger charge is 2.28. The summed E-state index contributed by atoms with van der Waals surface area (Å²) in [6, 6.07) is -0.137. The fourth-order valence-corrected chi connectivity index (χ4v) is 2.75. The number of amides is 1. The highest BCUT2D eigenvalue weighted by Crippen LogP contribution is 2.25. The summed E-state index contributed by atoms with van der Waals surface area (Å²) in [4.78, 5) is 11.9. The van der Waals surface area contributed by atoms with E-state index in [9.17, 15) is 26.7 Å². The SMILES string of the molecule is C[C@@H]1CCCC[C@@H]1NC(=O)Cc1c(F)c(F)c(F)c(F)c1F. The molecule has 7 heteroatoms. The summed E-state index contributed by atoms with van der Waals surface area (Å²) in [5.74, 6) is -10.7. The lowest BCUT2D eigenvalue weighted by Gasteiger charge is -2.29. The second-order valence-corrected chi connectivity index (χ2v) is 5.66. The van der Waals surface area contributed by atoms with Gasteiger partial charge in [-0.25, -0.2) is 22.0 Å². The predicted octanol–water partition coefficient (Wildman–Crippen LogP) is 3.62. The van der Waals surface area contributed by atoms with E-state index in [1.807, 2.05) is 6.92 Å². The van der Waals surface area contributed by atoms with Crippen LogP contribution in [0, 0.1) is 35.0 Å². The van der Waals surface area contributed by atoms with Gasteiger partial charge in [-0.05, 0) is 18.8 Å². The van der Waals surface area contributed by atoms with E-state index in [1.165, 1.54) is 0 Å². The average molecular weight is 321 g/mol. The van der Waals surface area contributed by atoms with Crippen LogP contribution in [0.5, 0.6) is 0 Å². The average Bonchev–Trinajstić information content (AvgIpc) is 2.50. The molecule has 2 atom stereocenters. The van der Waals surface area contributed by atoms with Crippen LogP contribution in [0.25, 0.3) is 0 Å². The Morgan fingerprint density at radius 1 is 0.955 bits per heavy atom. The van der Waals surface area contributed by atoms with Gasteiger partial charge in [0.1, 0.15) is 0 Å². The largest absolute Gasteiger partial charge is 0.353 e. The Hall–Kier alpha value is -1.66. The molecule has 1 saturated carbocycles. The molecule has 0 bridgehead atoms. The number of halogens is 5. The van der Waals surface area contributed by atoms with Crippen LogP contribution >= 0.6 is 0 Å². The molecule has 1 fully saturated rings. The second-order valence-electron chi connectivity index (χ2n) is 5.66. The smallest absolute Gasteiger partial charge is 0.224 e. The Balaban J connectivity index is 2.15. The molecular formula is C15H16F5NO. The molecule has 1 aromatic carbocycles. The van der Waals surface area contributed by atoms with E-state index in [0.717, 1.165) is 25.7 Å². The van der Waals surface area contributed by atoms with Crippen molar-refractivity contribution < 1.29 is 26.7 Å². The standard InChI is InChI=1S/C15H16F5NO/c1-7-4-2-3-5-9(7)21-10(22)6-8-11(16)13(18)15(20)14(19)12(8)17/h7,9H,2-6H2,1H3,(H,21,22)/t7-,9+/m1/s1. The molecule has 22 heavy (non-hydrogen) atoms. The van der Waals surface area contributed by atoms with Crippen molar-refractivity contribution in [2.45, 2.75) is 45.1 Å². The van der Waals surface area contributed by atoms with Crippen LogP contribution in [0.2, 0.25) is 0 Å². The van der Waals surface area contributed by atoms with Crippen LogP contribution in [0.3, 0.4) is 0 Å². The highest BCUT2D eigenvalue weighted by atomic mass is 19.2. The van der Waals surface area contributed by atoms with Gasteiger partial charge < -0.3 is 5.32 Å². The van der Waals surface area contributed by atoms with Crippen LogP contribution in [-0.2, 0) is 11.2 Å². The molecule has 2 nitrogen and oxygen atoms in total. The fourth-order valence-electron chi connectivity index (χ4n) is 2.75. The van der Waals surface area contributed by atoms with Crippen LogP contribution in [0.4, 0.5) is 22.0 Å². The maximum Gasteiger partial charge on any atom is 0.224 e. The third-order valence-corrected chi connectivity index (χ3v) is 4.10. The van der Waals surface area contributed by atoms with Crippen molar-refractivity contribution in [1.29, 1.82) is 0 Å². The van der Waals surface area contributed by atoms with E-state index in [1.54, 1.807) is 0 Å². The van der Waals surface area contributed by atoms with Crippen molar-refractivity contribution in [2.75, 3.05) is 0 Å². The molecule has 0 heterocycles. The number of hydrogen-bond donors (Lipinski definition) is 1. The van der Waals surface area contributed by atoms with Gasteiger partial charge in [-0.2, -0.15) is 0 Å². The van der Waals surface area contributed by atoms with Crippen LogP contribution in [0.15, 0.2) is 0 Å². The minimum absolute atomic E-state index is 0.137. The third-order valence-electron chi connectivity index (χ3n) is 4.10. The number of rotatable bonds is 3. The molecule has 1 N–H and O–H groups in total. The minimum atomic E-state index is -2.22. The Morgan fingerprint density at radius 3 is 2.00 bits per heavy atom. The van der Waals surface area contributed by atoms with Gasteiger partial charge in [0.15, 0.2) is 23.3 Å². The molecule has 0 aliphatic heterocycles. The molecule has 122 valence electrons. The van der Waals surface area contributed by atoms with Crippen LogP contribution < -0.4 is 5.32 Å². The Bertz CT molecular complexity index is 561. The number of hydrogen-bond acceptors (Lipinski definition) is 1. The molecule has 0 saturated heterocycles. The third kappa shape index (κ3) is 3.23. The molecule has 1 aliphatic rings. The molecule has 0 radical (unpaired) electrons. The van der Waals surface area contributed by atoms with E-state index in [4.69, 9.17) is 0 Å². The van der Waals surface area contributed by atoms with Gasteiger partial charge >= 0.3 is 0 Å². The van der Waals surface area contributed by atoms with E-state index in [0.29, 0.717) is 0 Å². The summed E-state index contributed by atoms with van der Waals surface area (Å²) < 4.78 is 66.1. The first kappa shape index (κ1) is 16.7. The van der Waals surface area contributed by atoms with Gasteiger partial charge in [0.25, 0.3) is 0 Å². The first-order valence-electron chi connectivity index (χ1n) is 7.12. The lowest BCUT2D eigenvalue weighted by Crippen LogP contribution is -2.42. The fraction of sp³-hybridized carbons (Fsp3) is 0.533. The van der Waals surface area contributed by atoms with Gasteiger partial charge in [0, 0.05) is 11.6 Å². The topological polar surface area (TPSA) is 29.1 Å². The van der Waals surface area contributed by atoms with E-state index in [2.05, 4.69) is 5.32 Å². The van der Waals surface area contributed by atoms with E-state index < -0.39 is 47.0 Å². The number of nitrogens with one attached hydrogen (secondary N) is 1. The predicted molar refractivity (Wildman–Crippen MR) is 69.5 cm³/mol. The summed E-state index contributed by atoms with van der Waals surface area (Å²) in [6.45, 7) is 1.95. The minimum Gasteiger partial charge on any atom is -0.353 e. The normalized spacial score (nSPS) is 21.7. The molecule has 1 amide bonds. The summed E-state index contributed by atoms with van der Waals surface area (Å²) in [5, 5.41) is 2.61. The van der Waals surface area contributed by atoms with Crippen molar-refractivity contribution in [3.63, 3.8) is 0 Å². The molecular weight excluding hydrogens is 305 g/mol. The van der Waals surface area contributed by atoms with Gasteiger partial charge in [-0.1, -0.05) is 19.8 Å². The second kappa shape index (κ2) is 6.62. The van der Waals surface area contributed by atoms with Crippen molar-refractivity contribution in [2.24, 2.45) is 5.92 Å². The molecule has 0 aromatic heterocycles. The monoisotopic (exact) mass is 321 g/mol. The zero-order chi connectivity index (χ0) is 16.4. The van der Waals surface area contributed by atoms with Gasteiger partial charge in [0.2, 0.25) is 11.7 Å². The van der Waals surface area contributed by atoms with Gasteiger partial charge in [0.05, 0.1) is 6.42 Å². The number of carbonyl (C=O) groups excluding carboxylic acids is 1. The Kier molecular flexibility index (Phi) is 5.03. The Morgan fingerprint density at radius 2 is 1.45 bits per heavy atom. The highest BCUT2D eigenvalue weighted by molar-refractivity contribution is 5.79. The summed E-state index contributed by atoms with van der Waals surface area (Å²) in [6.07, 6.45) is 2.76. The maximum absolute atomic E-state index is 13.5. The first-order chi connectivity index (χ1) is 10.3. The van der Waals surface area contributed by atoms with E-state index >= 15 is 0 Å². The summed E-state index contributed by atoms with van der Waals surface area (Å²) in [7, 11) is 0. The van der Waals surface area contributed by atoms with E-state index in [-0.39, 0.29) is 12.0 Å². The zero-order valence-corrected chi connectivity index (χ0v) is 12.0. The van der Waals surface area contributed by atoms with Gasteiger partial charge in [-0.15, -0.1) is 0 Å². The molecule has 1 aromatic rings. The maximum atomic E-state index is 13.5. The van der Waals surface area contributed by atoms with Crippen molar-refractivity contribution in [3.8, 4) is 0 Å². The molecule has 0 spiro atoms. The zero-order valence-electron chi connectivity index (χ0n) is 12.0. The number of carbonyl (C=O) groups is 1. The van der Waals surface area contributed by atoms with Crippen LogP contribution in [-0.4, -0.2) is 11.9 Å². The molecule has 1 aliphatic carbocycles. The molecule has 2 rings (SSSR count). The summed E-state index contributed by atoms with van der Waals surface area (Å²) in [5.41, 5.74) is -1.10. The lowest BCUT2D eigenvalue weighted by molar-refractivity contribution is -0.121. The van der Waals surface area contributed by atoms with Crippen molar-refractivity contribution in [1.82, 2.24) is 5.32 Å². The Labute approximate surface area is 124 Å². The lowest BCUT2D eigenvalue weighted by atomic mass is 9.86.